The Kier molecular flexibility index (Phi) is 2.24. The molecule has 0 saturated heterocycles. The predicted molar refractivity (Wildman–Crippen MR) is 47.4 cm³/mol. The summed E-state index contributed by atoms with van der Waals surface area (Å²) < 4.78 is 0.805. The van der Waals surface area contributed by atoms with E-state index in [-0.39, 0.29) is 0 Å². The highest BCUT2D eigenvalue weighted by atomic mass is 32.2. The molecule has 0 aromatic heterocycles. The molecular weight excluding hydrogens is 150 g/mol. The molecule has 0 fully saturated rings. The SMILES string of the molecule is CCC1=NC(=S)S[C@@H]1C. The van der Waals surface area contributed by atoms with Gasteiger partial charge >= 0.3 is 0 Å². The topological polar surface area (TPSA) is 12.4 Å². The lowest BCUT2D eigenvalue weighted by Crippen LogP contribution is -2.05. The summed E-state index contributed by atoms with van der Waals surface area (Å²) in [4.78, 5) is 4.20. The van der Waals surface area contributed by atoms with Gasteiger partial charge in [0.1, 0.15) is 0 Å². The normalized spacial score (nSPS) is 26.7. The van der Waals surface area contributed by atoms with Crippen LogP contribution in [0.1, 0.15) is 20.3 Å². The van der Waals surface area contributed by atoms with Crippen molar-refractivity contribution >= 4 is 34.0 Å². The van der Waals surface area contributed by atoms with E-state index in [9.17, 15) is 0 Å². The van der Waals surface area contributed by atoms with Crippen molar-refractivity contribution in [2.24, 2.45) is 4.99 Å². The molecule has 0 aliphatic carbocycles. The van der Waals surface area contributed by atoms with Gasteiger partial charge in [-0.25, -0.2) is 4.99 Å². The van der Waals surface area contributed by atoms with Gasteiger partial charge in [0.15, 0.2) is 4.32 Å². The van der Waals surface area contributed by atoms with Crippen molar-refractivity contribution in [1.82, 2.24) is 0 Å². The molecule has 0 spiro atoms. The van der Waals surface area contributed by atoms with Gasteiger partial charge in [-0.15, -0.1) is 0 Å². The number of thioether (sulfide) groups is 1. The Labute approximate surface area is 64.9 Å². The molecule has 0 aromatic rings. The van der Waals surface area contributed by atoms with Gasteiger partial charge in [0, 0.05) is 11.0 Å². The minimum absolute atomic E-state index is 0.530. The van der Waals surface area contributed by atoms with Crippen molar-refractivity contribution in [3.63, 3.8) is 0 Å². The first-order valence-corrected chi connectivity index (χ1v) is 4.31. The van der Waals surface area contributed by atoms with E-state index < -0.39 is 0 Å². The molecule has 9 heavy (non-hydrogen) atoms. The third-order valence-electron chi connectivity index (χ3n) is 1.34. The maximum atomic E-state index is 4.91. The van der Waals surface area contributed by atoms with Gasteiger partial charge in [0.2, 0.25) is 0 Å². The van der Waals surface area contributed by atoms with Crippen LogP contribution in [0.25, 0.3) is 0 Å². The summed E-state index contributed by atoms with van der Waals surface area (Å²) in [6.45, 7) is 4.26. The first-order chi connectivity index (χ1) is 4.24. The van der Waals surface area contributed by atoms with E-state index >= 15 is 0 Å². The number of nitrogens with zero attached hydrogens (tertiary/aromatic N) is 1. The fourth-order valence-electron chi connectivity index (χ4n) is 0.820. The summed E-state index contributed by atoms with van der Waals surface area (Å²) in [5, 5.41) is 0.530. The molecule has 1 aliphatic heterocycles. The highest BCUT2D eigenvalue weighted by molar-refractivity contribution is 8.24. The summed E-state index contributed by atoms with van der Waals surface area (Å²) in [5.74, 6) is 0. The largest absolute Gasteiger partial charge is 0.238 e. The zero-order valence-corrected chi connectivity index (χ0v) is 7.18. The molecule has 50 valence electrons. The van der Waals surface area contributed by atoms with Crippen molar-refractivity contribution in [1.29, 1.82) is 0 Å². The van der Waals surface area contributed by atoms with Crippen LogP contribution in [0.4, 0.5) is 0 Å². The van der Waals surface area contributed by atoms with Crippen LogP contribution in [-0.4, -0.2) is 15.3 Å². The molecule has 1 nitrogen and oxygen atoms in total. The number of rotatable bonds is 1. The lowest BCUT2D eigenvalue weighted by molar-refractivity contribution is 1.19. The van der Waals surface area contributed by atoms with Gasteiger partial charge in [-0.2, -0.15) is 0 Å². The lowest BCUT2D eigenvalue weighted by atomic mass is 10.2. The van der Waals surface area contributed by atoms with Crippen molar-refractivity contribution in [2.75, 3.05) is 0 Å². The van der Waals surface area contributed by atoms with Crippen LogP contribution in [0.15, 0.2) is 4.99 Å². The highest BCUT2D eigenvalue weighted by Crippen LogP contribution is 2.23. The molecule has 0 radical (unpaired) electrons. The standard InChI is InChI=1S/C6H9NS2/c1-3-5-4(2)9-6(8)7-5/h4H,3H2,1-2H3/t4-/m1/s1. The Bertz CT molecular complexity index is 162. The van der Waals surface area contributed by atoms with Crippen LogP contribution >= 0.6 is 24.0 Å². The monoisotopic (exact) mass is 159 g/mol. The molecule has 0 bridgehead atoms. The summed E-state index contributed by atoms with van der Waals surface area (Å²) in [7, 11) is 0. The van der Waals surface area contributed by atoms with Gasteiger partial charge in [-0.1, -0.05) is 30.9 Å². The lowest BCUT2D eigenvalue weighted by Gasteiger charge is -1.98. The molecule has 1 atom stereocenters. The molecule has 0 amide bonds. The second-order valence-electron chi connectivity index (χ2n) is 1.98. The molecule has 0 N–H and O–H groups in total. The Morgan fingerprint density at radius 2 is 2.44 bits per heavy atom. The fourth-order valence-corrected chi connectivity index (χ4v) is 2.20. The molecule has 3 heteroatoms. The predicted octanol–water partition coefficient (Wildman–Crippen LogP) is 2.26. The first-order valence-electron chi connectivity index (χ1n) is 3.02. The fraction of sp³-hybridized carbons (Fsp3) is 0.667. The van der Waals surface area contributed by atoms with Gasteiger partial charge in [-0.3, -0.25) is 0 Å². The van der Waals surface area contributed by atoms with Crippen molar-refractivity contribution in [2.45, 2.75) is 25.5 Å². The van der Waals surface area contributed by atoms with Gasteiger partial charge in [-0.05, 0) is 13.3 Å². The highest BCUT2D eigenvalue weighted by Gasteiger charge is 2.18. The minimum atomic E-state index is 0.530. The molecular formula is C6H9NS2. The maximum absolute atomic E-state index is 4.91. The average molecular weight is 159 g/mol. The number of thiocarbonyl (C=S) groups is 1. The van der Waals surface area contributed by atoms with Crippen LogP contribution < -0.4 is 0 Å². The van der Waals surface area contributed by atoms with E-state index in [0.717, 1.165) is 10.7 Å². The Hall–Kier alpha value is 0.110. The van der Waals surface area contributed by atoms with E-state index in [1.54, 1.807) is 11.8 Å². The van der Waals surface area contributed by atoms with E-state index in [1.165, 1.54) is 5.71 Å². The van der Waals surface area contributed by atoms with Crippen LogP contribution in [0.5, 0.6) is 0 Å². The zero-order chi connectivity index (χ0) is 6.85. The van der Waals surface area contributed by atoms with Gasteiger partial charge < -0.3 is 0 Å². The smallest absolute Gasteiger partial charge is 0.160 e. The third kappa shape index (κ3) is 1.52. The molecule has 0 unspecified atom stereocenters. The number of hydrogen-bond acceptors (Lipinski definition) is 2. The van der Waals surface area contributed by atoms with E-state index in [0.29, 0.717) is 5.25 Å². The summed E-state index contributed by atoms with van der Waals surface area (Å²) in [5.41, 5.74) is 1.24. The van der Waals surface area contributed by atoms with Gasteiger partial charge in [0.05, 0.1) is 0 Å². The van der Waals surface area contributed by atoms with Crippen LogP contribution in [0.2, 0.25) is 0 Å². The van der Waals surface area contributed by atoms with Crippen molar-refractivity contribution < 1.29 is 0 Å². The van der Waals surface area contributed by atoms with E-state index in [4.69, 9.17) is 12.2 Å². The Balaban J connectivity index is 2.68. The minimum Gasteiger partial charge on any atom is -0.238 e. The second kappa shape index (κ2) is 2.80. The molecule has 0 saturated carbocycles. The van der Waals surface area contributed by atoms with E-state index in [1.807, 2.05) is 0 Å². The van der Waals surface area contributed by atoms with Crippen molar-refractivity contribution in [3.8, 4) is 0 Å². The summed E-state index contributed by atoms with van der Waals surface area (Å²) >= 11 is 6.60. The van der Waals surface area contributed by atoms with Gasteiger partial charge in [0.25, 0.3) is 0 Å². The zero-order valence-electron chi connectivity index (χ0n) is 5.55. The Morgan fingerprint density at radius 1 is 1.78 bits per heavy atom. The van der Waals surface area contributed by atoms with Crippen LogP contribution in [-0.2, 0) is 0 Å². The molecule has 1 rings (SSSR count). The summed E-state index contributed by atoms with van der Waals surface area (Å²) in [6.07, 6.45) is 1.04. The number of hydrogen-bond donors (Lipinski definition) is 0. The Morgan fingerprint density at radius 3 is 2.67 bits per heavy atom. The summed E-state index contributed by atoms with van der Waals surface area (Å²) in [6, 6.07) is 0. The maximum Gasteiger partial charge on any atom is 0.160 e. The second-order valence-corrected chi connectivity index (χ2v) is 3.96. The van der Waals surface area contributed by atoms with Crippen LogP contribution in [0.3, 0.4) is 0 Å². The molecule has 1 heterocycles. The third-order valence-corrected chi connectivity index (χ3v) is 2.64. The first kappa shape index (κ1) is 7.22. The van der Waals surface area contributed by atoms with Crippen LogP contribution in [0, 0.1) is 0 Å². The van der Waals surface area contributed by atoms with E-state index in [2.05, 4.69) is 18.8 Å². The van der Waals surface area contributed by atoms with Crippen molar-refractivity contribution in [3.05, 3.63) is 0 Å². The average Bonchev–Trinajstić information content (AvgIpc) is 2.10. The molecule has 1 aliphatic rings. The molecule has 0 aromatic carbocycles. The number of aliphatic imine (C=N–C) groups is 1. The quantitative estimate of drug-likeness (QED) is 0.544.